The van der Waals surface area contributed by atoms with Gasteiger partial charge in [0.25, 0.3) is 0 Å². The quantitative estimate of drug-likeness (QED) is 0.583. The Bertz CT molecular complexity index is 669. The summed E-state index contributed by atoms with van der Waals surface area (Å²) in [7, 11) is 0. The Kier molecular flexibility index (Phi) is 7.99. The third-order valence-corrected chi connectivity index (χ3v) is 4.34. The van der Waals surface area contributed by atoms with Crippen LogP contribution in [0, 0.1) is 5.82 Å². The van der Waals surface area contributed by atoms with Crippen LogP contribution in [0.5, 0.6) is 5.75 Å². The van der Waals surface area contributed by atoms with Gasteiger partial charge in [-0.2, -0.15) is 0 Å². The molecule has 24 heavy (non-hydrogen) atoms. The molecule has 0 heterocycles. The van der Waals surface area contributed by atoms with Gasteiger partial charge in [-0.1, -0.05) is 33.6 Å². The van der Waals surface area contributed by atoms with Gasteiger partial charge in [-0.05, 0) is 49.7 Å². The summed E-state index contributed by atoms with van der Waals surface area (Å²) in [4.78, 5) is 0. The largest absolute Gasteiger partial charge is 0.489 e. The van der Waals surface area contributed by atoms with Gasteiger partial charge >= 0.3 is 0 Å². The highest BCUT2D eigenvalue weighted by atomic mass is 79.9. The molecule has 0 bridgehead atoms. The zero-order valence-electron chi connectivity index (χ0n) is 13.2. The van der Waals surface area contributed by atoms with Gasteiger partial charge < -0.3 is 15.2 Å². The number of aliphatic hydroxyl groups is 1. The number of benzene rings is 2. The predicted molar refractivity (Wildman–Crippen MR) is 97.9 cm³/mol. The van der Waals surface area contributed by atoms with E-state index in [2.05, 4.69) is 21.2 Å². The first-order valence-corrected chi connectivity index (χ1v) is 8.94. The second-order valence-corrected chi connectivity index (χ2v) is 6.71. The standard InChI is InChI=1S/C18H20BrClFNO2/c19-15-4-6-18(14(9-15)11-22-7-1-2-8-23)24-12-13-3-5-16(21)10-17(13)20/h3-6,9-10,22-23H,1-2,7-8,11-12H2. The predicted octanol–water partition coefficient (Wildman–Crippen LogP) is 4.68. The molecule has 0 fully saturated rings. The molecule has 2 rings (SSSR count). The molecule has 0 atom stereocenters. The first kappa shape index (κ1) is 19.2. The van der Waals surface area contributed by atoms with Gasteiger partial charge in [-0.15, -0.1) is 0 Å². The average Bonchev–Trinajstić information content (AvgIpc) is 2.55. The Morgan fingerprint density at radius 1 is 1.12 bits per heavy atom. The van der Waals surface area contributed by atoms with Crippen molar-refractivity contribution in [3.05, 3.63) is 62.8 Å². The molecule has 0 saturated carbocycles. The number of nitrogens with one attached hydrogen (secondary N) is 1. The van der Waals surface area contributed by atoms with Gasteiger partial charge in [0.05, 0.1) is 5.02 Å². The van der Waals surface area contributed by atoms with E-state index in [1.807, 2.05) is 18.2 Å². The van der Waals surface area contributed by atoms with Crippen molar-refractivity contribution in [1.29, 1.82) is 0 Å². The summed E-state index contributed by atoms with van der Waals surface area (Å²) in [6, 6.07) is 10.1. The van der Waals surface area contributed by atoms with Crippen molar-refractivity contribution < 1.29 is 14.2 Å². The van der Waals surface area contributed by atoms with Crippen LogP contribution in [0.2, 0.25) is 5.02 Å². The molecular weight excluding hydrogens is 397 g/mol. The molecule has 0 spiro atoms. The van der Waals surface area contributed by atoms with E-state index in [4.69, 9.17) is 21.4 Å². The Morgan fingerprint density at radius 2 is 1.96 bits per heavy atom. The number of halogens is 3. The summed E-state index contributed by atoms with van der Waals surface area (Å²) in [6.07, 6.45) is 1.71. The number of hydrogen-bond acceptors (Lipinski definition) is 3. The minimum Gasteiger partial charge on any atom is -0.489 e. The summed E-state index contributed by atoms with van der Waals surface area (Å²) in [5.41, 5.74) is 1.76. The summed E-state index contributed by atoms with van der Waals surface area (Å²) >= 11 is 9.50. The van der Waals surface area contributed by atoms with Crippen molar-refractivity contribution in [2.75, 3.05) is 13.2 Å². The maximum absolute atomic E-state index is 13.1. The lowest BCUT2D eigenvalue weighted by atomic mass is 10.2. The fourth-order valence-corrected chi connectivity index (χ4v) is 2.84. The SMILES string of the molecule is OCCCCNCc1cc(Br)ccc1OCc1ccc(F)cc1Cl. The first-order chi connectivity index (χ1) is 11.6. The van der Waals surface area contributed by atoms with E-state index in [1.54, 1.807) is 6.07 Å². The summed E-state index contributed by atoms with van der Waals surface area (Å²) < 4.78 is 19.9. The molecule has 2 aromatic rings. The van der Waals surface area contributed by atoms with Crippen LogP contribution >= 0.6 is 27.5 Å². The van der Waals surface area contributed by atoms with Gasteiger partial charge in [0.15, 0.2) is 0 Å². The number of rotatable bonds is 9. The van der Waals surface area contributed by atoms with E-state index in [1.165, 1.54) is 12.1 Å². The smallest absolute Gasteiger partial charge is 0.124 e. The third-order valence-electron chi connectivity index (χ3n) is 3.50. The minimum absolute atomic E-state index is 0.214. The van der Waals surface area contributed by atoms with Crippen molar-refractivity contribution in [3.8, 4) is 5.75 Å². The monoisotopic (exact) mass is 415 g/mol. The van der Waals surface area contributed by atoms with E-state index in [9.17, 15) is 4.39 Å². The molecule has 0 aliphatic rings. The number of aliphatic hydroxyl groups excluding tert-OH is 1. The van der Waals surface area contributed by atoms with E-state index in [0.717, 1.165) is 40.7 Å². The highest BCUT2D eigenvalue weighted by molar-refractivity contribution is 9.10. The zero-order valence-corrected chi connectivity index (χ0v) is 15.5. The summed E-state index contributed by atoms with van der Waals surface area (Å²) in [5, 5.41) is 12.5. The van der Waals surface area contributed by atoms with Crippen LogP contribution in [0.25, 0.3) is 0 Å². The van der Waals surface area contributed by atoms with E-state index in [-0.39, 0.29) is 19.0 Å². The summed E-state index contributed by atoms with van der Waals surface area (Å²) in [5.74, 6) is 0.397. The molecule has 6 heteroatoms. The van der Waals surface area contributed by atoms with Gasteiger partial charge in [0.2, 0.25) is 0 Å². The molecule has 0 saturated heterocycles. The van der Waals surface area contributed by atoms with Crippen molar-refractivity contribution >= 4 is 27.5 Å². The van der Waals surface area contributed by atoms with E-state index < -0.39 is 0 Å². The average molecular weight is 417 g/mol. The Morgan fingerprint density at radius 3 is 2.71 bits per heavy atom. The minimum atomic E-state index is -0.361. The third kappa shape index (κ3) is 6.06. The van der Waals surface area contributed by atoms with Crippen LogP contribution in [0.1, 0.15) is 24.0 Å². The maximum atomic E-state index is 13.1. The summed E-state index contributed by atoms with van der Waals surface area (Å²) in [6.45, 7) is 1.98. The van der Waals surface area contributed by atoms with Crippen molar-refractivity contribution in [2.45, 2.75) is 26.0 Å². The fraction of sp³-hybridized carbons (Fsp3) is 0.333. The van der Waals surface area contributed by atoms with Gasteiger partial charge in [-0.3, -0.25) is 0 Å². The van der Waals surface area contributed by atoms with E-state index >= 15 is 0 Å². The van der Waals surface area contributed by atoms with Gasteiger partial charge in [-0.25, -0.2) is 4.39 Å². The van der Waals surface area contributed by atoms with Crippen LogP contribution in [0.4, 0.5) is 4.39 Å². The molecule has 130 valence electrons. The lowest BCUT2D eigenvalue weighted by Gasteiger charge is -2.13. The lowest BCUT2D eigenvalue weighted by molar-refractivity contribution is 0.283. The molecule has 0 aliphatic carbocycles. The molecule has 0 radical (unpaired) electrons. The number of ether oxygens (including phenoxy) is 1. The second kappa shape index (κ2) is 9.99. The van der Waals surface area contributed by atoms with Crippen LogP contribution in [-0.4, -0.2) is 18.3 Å². The van der Waals surface area contributed by atoms with Gasteiger partial charge in [0, 0.05) is 28.8 Å². The molecule has 2 N–H and O–H groups in total. The molecule has 0 amide bonds. The first-order valence-electron chi connectivity index (χ1n) is 7.77. The highest BCUT2D eigenvalue weighted by Crippen LogP contribution is 2.25. The van der Waals surface area contributed by atoms with Crippen LogP contribution in [0.3, 0.4) is 0 Å². The molecule has 0 aliphatic heterocycles. The van der Waals surface area contributed by atoms with E-state index in [0.29, 0.717) is 11.6 Å². The normalized spacial score (nSPS) is 10.8. The lowest BCUT2D eigenvalue weighted by Crippen LogP contribution is -2.16. The molecular formula is C18H20BrClFNO2. The molecule has 3 nitrogen and oxygen atoms in total. The molecule has 0 unspecified atom stereocenters. The topological polar surface area (TPSA) is 41.5 Å². The van der Waals surface area contributed by atoms with Crippen LogP contribution < -0.4 is 10.1 Å². The zero-order chi connectivity index (χ0) is 17.4. The second-order valence-electron chi connectivity index (χ2n) is 5.38. The Balaban J connectivity index is 1.98. The van der Waals surface area contributed by atoms with Crippen molar-refractivity contribution in [2.24, 2.45) is 0 Å². The van der Waals surface area contributed by atoms with Crippen molar-refractivity contribution in [1.82, 2.24) is 5.32 Å². The highest BCUT2D eigenvalue weighted by Gasteiger charge is 2.07. The fourth-order valence-electron chi connectivity index (χ4n) is 2.21. The number of hydrogen-bond donors (Lipinski definition) is 2. The molecule has 2 aromatic carbocycles. The van der Waals surface area contributed by atoms with Gasteiger partial charge in [0.1, 0.15) is 18.2 Å². The van der Waals surface area contributed by atoms with Crippen molar-refractivity contribution in [3.63, 3.8) is 0 Å². The molecule has 0 aromatic heterocycles. The maximum Gasteiger partial charge on any atom is 0.124 e. The Hall–Kier alpha value is -1.14. The van der Waals surface area contributed by atoms with Crippen LogP contribution in [-0.2, 0) is 13.2 Å². The Labute approximate surface area is 154 Å². The van der Waals surface area contributed by atoms with Crippen LogP contribution in [0.15, 0.2) is 40.9 Å². The number of unbranched alkanes of at least 4 members (excludes halogenated alkanes) is 1.